The number of fused-ring (bicyclic) bond motifs is 1. The minimum atomic E-state index is -1.20. The molecule has 0 saturated carbocycles. The number of aromatic carboxylic acids is 1. The third-order valence-corrected chi connectivity index (χ3v) is 3.05. The number of aromatic nitrogens is 3. The van der Waals surface area contributed by atoms with Crippen molar-refractivity contribution in [3.05, 3.63) is 42.4 Å². The Bertz CT molecular complexity index is 863. The summed E-state index contributed by atoms with van der Waals surface area (Å²) in [6, 6.07) is 7.00. The molecule has 7 nitrogen and oxygen atoms in total. The van der Waals surface area contributed by atoms with Crippen molar-refractivity contribution in [2.24, 2.45) is 0 Å². The van der Waals surface area contributed by atoms with Gasteiger partial charge in [0.05, 0.1) is 17.4 Å². The molecule has 21 heavy (non-hydrogen) atoms. The Hall–Kier alpha value is -3.22. The Morgan fingerprint density at radius 1 is 1.10 bits per heavy atom. The molecule has 2 aromatic heterocycles. The molecule has 0 spiro atoms. The molecule has 0 fully saturated rings. The van der Waals surface area contributed by atoms with Crippen molar-refractivity contribution in [2.45, 2.75) is 0 Å². The lowest BCUT2D eigenvalue weighted by Crippen LogP contribution is -2.07. The fourth-order valence-electron chi connectivity index (χ4n) is 2.01. The molecule has 5 N–H and O–H groups in total. The standard InChI is InChI=1S/C14H11N5O2/c15-9-3-4-17-11-2-1-7(5-8(9)11)13-18-6-10(16)12(19-13)14(20)21/h1-6H,16H2,(H2,15,17)(H,20,21). The molecule has 0 saturated heterocycles. The second-order valence-electron chi connectivity index (χ2n) is 4.43. The van der Waals surface area contributed by atoms with Crippen molar-refractivity contribution < 1.29 is 9.90 Å². The summed E-state index contributed by atoms with van der Waals surface area (Å²) in [7, 11) is 0. The Morgan fingerprint density at radius 2 is 1.90 bits per heavy atom. The summed E-state index contributed by atoms with van der Waals surface area (Å²) in [5, 5.41) is 9.81. The summed E-state index contributed by atoms with van der Waals surface area (Å²) in [6.45, 7) is 0. The maximum absolute atomic E-state index is 11.1. The maximum atomic E-state index is 11.1. The van der Waals surface area contributed by atoms with Gasteiger partial charge >= 0.3 is 5.97 Å². The van der Waals surface area contributed by atoms with Crippen LogP contribution in [0.15, 0.2) is 36.7 Å². The Kier molecular flexibility index (Phi) is 2.87. The monoisotopic (exact) mass is 281 g/mol. The molecule has 0 bridgehead atoms. The number of carboxylic acid groups (broad SMARTS) is 1. The predicted octanol–water partition coefficient (Wildman–Crippen LogP) is 1.55. The number of hydrogen-bond acceptors (Lipinski definition) is 6. The van der Waals surface area contributed by atoms with Crippen LogP contribution in [0, 0.1) is 0 Å². The van der Waals surface area contributed by atoms with E-state index in [0.717, 1.165) is 10.9 Å². The summed E-state index contributed by atoms with van der Waals surface area (Å²) in [5.41, 5.74) is 13.2. The highest BCUT2D eigenvalue weighted by Crippen LogP contribution is 2.25. The molecule has 1 aromatic carbocycles. The van der Waals surface area contributed by atoms with Crippen LogP contribution in [0.5, 0.6) is 0 Å². The van der Waals surface area contributed by atoms with Gasteiger partial charge in [0, 0.05) is 22.8 Å². The highest BCUT2D eigenvalue weighted by atomic mass is 16.4. The zero-order valence-electron chi connectivity index (χ0n) is 10.8. The topological polar surface area (TPSA) is 128 Å². The summed E-state index contributed by atoms with van der Waals surface area (Å²) in [6.07, 6.45) is 2.90. The van der Waals surface area contributed by atoms with E-state index in [4.69, 9.17) is 16.6 Å². The molecule has 2 heterocycles. The van der Waals surface area contributed by atoms with E-state index in [9.17, 15) is 4.79 Å². The first-order chi connectivity index (χ1) is 10.1. The van der Waals surface area contributed by atoms with Gasteiger partial charge in [0.1, 0.15) is 0 Å². The molecular formula is C14H11N5O2. The van der Waals surface area contributed by atoms with Crippen molar-refractivity contribution in [1.82, 2.24) is 15.0 Å². The summed E-state index contributed by atoms with van der Waals surface area (Å²) >= 11 is 0. The Balaban J connectivity index is 2.19. The SMILES string of the molecule is Nc1cnc(-c2ccc3nccc(N)c3c2)nc1C(=O)O. The number of benzene rings is 1. The maximum Gasteiger partial charge on any atom is 0.356 e. The average Bonchev–Trinajstić information content (AvgIpc) is 2.47. The van der Waals surface area contributed by atoms with E-state index < -0.39 is 5.97 Å². The van der Waals surface area contributed by atoms with Crippen LogP contribution in [0.25, 0.3) is 22.3 Å². The van der Waals surface area contributed by atoms with Crippen LogP contribution in [0.4, 0.5) is 11.4 Å². The lowest BCUT2D eigenvalue weighted by Gasteiger charge is -2.06. The van der Waals surface area contributed by atoms with Gasteiger partial charge in [0.25, 0.3) is 0 Å². The highest BCUT2D eigenvalue weighted by Gasteiger charge is 2.13. The Morgan fingerprint density at radius 3 is 2.67 bits per heavy atom. The van der Waals surface area contributed by atoms with E-state index in [1.807, 2.05) is 0 Å². The van der Waals surface area contributed by atoms with Crippen LogP contribution in [-0.2, 0) is 0 Å². The van der Waals surface area contributed by atoms with Gasteiger partial charge in [-0.05, 0) is 24.3 Å². The van der Waals surface area contributed by atoms with Crippen molar-refractivity contribution in [3.63, 3.8) is 0 Å². The molecule has 104 valence electrons. The smallest absolute Gasteiger partial charge is 0.356 e. The summed E-state index contributed by atoms with van der Waals surface area (Å²) < 4.78 is 0. The molecule has 0 aliphatic heterocycles. The fourth-order valence-corrected chi connectivity index (χ4v) is 2.01. The number of nitrogens with two attached hydrogens (primary N) is 2. The van der Waals surface area contributed by atoms with Crippen LogP contribution >= 0.6 is 0 Å². The van der Waals surface area contributed by atoms with Crippen LogP contribution < -0.4 is 11.5 Å². The van der Waals surface area contributed by atoms with E-state index >= 15 is 0 Å². The molecule has 0 radical (unpaired) electrons. The lowest BCUT2D eigenvalue weighted by atomic mass is 10.1. The molecule has 0 aliphatic rings. The van der Waals surface area contributed by atoms with Crippen molar-refractivity contribution >= 4 is 28.2 Å². The Labute approximate surface area is 119 Å². The van der Waals surface area contributed by atoms with Gasteiger partial charge in [-0.1, -0.05) is 0 Å². The average molecular weight is 281 g/mol. The first-order valence-electron chi connectivity index (χ1n) is 6.06. The van der Waals surface area contributed by atoms with Crippen LogP contribution in [0.1, 0.15) is 10.5 Å². The van der Waals surface area contributed by atoms with Crippen LogP contribution in [0.2, 0.25) is 0 Å². The van der Waals surface area contributed by atoms with Crippen molar-refractivity contribution in [1.29, 1.82) is 0 Å². The van der Waals surface area contributed by atoms with E-state index in [0.29, 0.717) is 11.3 Å². The highest BCUT2D eigenvalue weighted by molar-refractivity contribution is 5.94. The van der Waals surface area contributed by atoms with Gasteiger partial charge in [0.15, 0.2) is 11.5 Å². The minimum absolute atomic E-state index is 0.0215. The van der Waals surface area contributed by atoms with Gasteiger partial charge in [-0.15, -0.1) is 0 Å². The number of carboxylic acids is 1. The zero-order valence-corrected chi connectivity index (χ0v) is 10.8. The molecular weight excluding hydrogens is 270 g/mol. The molecule has 7 heteroatoms. The van der Waals surface area contributed by atoms with E-state index in [-0.39, 0.29) is 17.2 Å². The van der Waals surface area contributed by atoms with E-state index in [2.05, 4.69) is 15.0 Å². The predicted molar refractivity (Wildman–Crippen MR) is 78.6 cm³/mol. The first kappa shape index (κ1) is 12.8. The normalized spacial score (nSPS) is 10.7. The number of hydrogen-bond donors (Lipinski definition) is 3. The van der Waals surface area contributed by atoms with E-state index in [1.165, 1.54) is 6.20 Å². The van der Waals surface area contributed by atoms with Gasteiger partial charge in [-0.3, -0.25) is 4.98 Å². The number of pyridine rings is 1. The molecule has 3 rings (SSSR count). The van der Waals surface area contributed by atoms with Gasteiger partial charge in [-0.25, -0.2) is 14.8 Å². The van der Waals surface area contributed by atoms with Crippen molar-refractivity contribution in [3.8, 4) is 11.4 Å². The van der Waals surface area contributed by atoms with Gasteiger partial charge in [-0.2, -0.15) is 0 Å². The quantitative estimate of drug-likeness (QED) is 0.650. The second kappa shape index (κ2) is 4.71. The molecule has 0 aliphatic carbocycles. The van der Waals surface area contributed by atoms with Gasteiger partial charge in [0.2, 0.25) is 0 Å². The van der Waals surface area contributed by atoms with Crippen LogP contribution in [-0.4, -0.2) is 26.0 Å². The summed E-state index contributed by atoms with van der Waals surface area (Å²) in [5.74, 6) is -0.926. The molecule has 0 amide bonds. The number of nitrogen functional groups attached to an aromatic ring is 2. The largest absolute Gasteiger partial charge is 0.476 e. The summed E-state index contributed by atoms with van der Waals surface area (Å²) in [4.78, 5) is 23.3. The van der Waals surface area contributed by atoms with Crippen LogP contribution in [0.3, 0.4) is 0 Å². The number of anilines is 2. The number of carbonyl (C=O) groups is 1. The van der Waals surface area contributed by atoms with Crippen molar-refractivity contribution in [2.75, 3.05) is 11.5 Å². The molecule has 0 atom stereocenters. The number of rotatable bonds is 2. The third-order valence-electron chi connectivity index (χ3n) is 3.05. The van der Waals surface area contributed by atoms with Gasteiger partial charge < -0.3 is 16.6 Å². The first-order valence-corrected chi connectivity index (χ1v) is 6.06. The number of nitrogens with zero attached hydrogens (tertiary/aromatic N) is 3. The fraction of sp³-hybridized carbons (Fsp3) is 0. The lowest BCUT2D eigenvalue weighted by molar-refractivity contribution is 0.0691. The van der Waals surface area contributed by atoms with E-state index in [1.54, 1.807) is 30.5 Å². The second-order valence-corrected chi connectivity index (χ2v) is 4.43. The molecule has 0 unspecified atom stereocenters. The zero-order chi connectivity index (χ0) is 15.0. The molecule has 3 aromatic rings. The minimum Gasteiger partial charge on any atom is -0.476 e. The third kappa shape index (κ3) is 2.20.